The first-order chi connectivity index (χ1) is 15.3. The standard InChI is InChI=1S/C22H26F3N3O4/c1-3-12-32-17-6-5-11-27(14-17)20(29)15-7-9-16(10-8-15)28-19(22(23,24)25)18(13-26-28)21(30)31-4-2/h7-10,13,17H,3-6,11-12,14H2,1-2H3. The quantitative estimate of drug-likeness (QED) is 0.591. The van der Waals surface area contributed by atoms with Gasteiger partial charge in [-0.1, -0.05) is 6.92 Å². The molecule has 174 valence electrons. The maximum atomic E-state index is 13.7. The minimum absolute atomic E-state index is 0.00774. The molecule has 0 N–H and O–H groups in total. The lowest BCUT2D eigenvalue weighted by atomic mass is 10.1. The fourth-order valence-corrected chi connectivity index (χ4v) is 3.65. The van der Waals surface area contributed by atoms with Crippen molar-refractivity contribution in [2.45, 2.75) is 45.4 Å². The Morgan fingerprint density at radius 1 is 1.19 bits per heavy atom. The molecule has 1 amide bonds. The number of likely N-dealkylation sites (tertiary alicyclic amines) is 1. The molecule has 1 aromatic carbocycles. The van der Waals surface area contributed by atoms with E-state index < -0.39 is 23.4 Å². The maximum absolute atomic E-state index is 13.7. The largest absolute Gasteiger partial charge is 0.462 e. The van der Waals surface area contributed by atoms with Crippen LogP contribution in [0, 0.1) is 0 Å². The van der Waals surface area contributed by atoms with Crippen molar-refractivity contribution < 1.29 is 32.2 Å². The summed E-state index contributed by atoms with van der Waals surface area (Å²) in [6.45, 7) is 5.20. The Kier molecular flexibility index (Phi) is 7.55. The van der Waals surface area contributed by atoms with E-state index >= 15 is 0 Å². The zero-order valence-corrected chi connectivity index (χ0v) is 18.0. The molecule has 0 saturated carbocycles. The van der Waals surface area contributed by atoms with E-state index in [-0.39, 0.29) is 24.3 Å². The number of halogens is 3. The fraction of sp³-hybridized carbons (Fsp3) is 0.500. The number of ether oxygens (including phenoxy) is 2. The molecule has 1 atom stereocenters. The van der Waals surface area contributed by atoms with E-state index in [1.807, 2.05) is 6.92 Å². The molecule has 10 heteroatoms. The zero-order chi connectivity index (χ0) is 23.3. The fourth-order valence-electron chi connectivity index (χ4n) is 3.65. The lowest BCUT2D eigenvalue weighted by Gasteiger charge is -2.32. The Morgan fingerprint density at radius 2 is 1.91 bits per heavy atom. The molecule has 1 unspecified atom stereocenters. The third kappa shape index (κ3) is 5.29. The second-order valence-corrected chi connectivity index (χ2v) is 7.47. The van der Waals surface area contributed by atoms with E-state index in [4.69, 9.17) is 9.47 Å². The minimum Gasteiger partial charge on any atom is -0.462 e. The minimum atomic E-state index is -4.83. The van der Waals surface area contributed by atoms with Crippen molar-refractivity contribution in [3.63, 3.8) is 0 Å². The number of hydrogen-bond acceptors (Lipinski definition) is 5. The summed E-state index contributed by atoms with van der Waals surface area (Å²) >= 11 is 0. The van der Waals surface area contributed by atoms with Crippen molar-refractivity contribution in [3.05, 3.63) is 47.3 Å². The number of alkyl halides is 3. The highest BCUT2D eigenvalue weighted by molar-refractivity contribution is 5.94. The van der Waals surface area contributed by atoms with Crippen LogP contribution >= 0.6 is 0 Å². The lowest BCUT2D eigenvalue weighted by Crippen LogP contribution is -2.43. The molecule has 1 aliphatic heterocycles. The average molecular weight is 453 g/mol. The summed E-state index contributed by atoms with van der Waals surface area (Å²) in [4.78, 5) is 26.5. The Morgan fingerprint density at radius 3 is 2.53 bits per heavy atom. The number of nitrogens with zero attached hydrogens (tertiary/aromatic N) is 3. The summed E-state index contributed by atoms with van der Waals surface area (Å²) in [6, 6.07) is 5.67. The van der Waals surface area contributed by atoms with Crippen LogP contribution in [0.3, 0.4) is 0 Å². The summed E-state index contributed by atoms with van der Waals surface area (Å²) in [6.07, 6.45) is -1.37. The Labute approximate surface area is 184 Å². The third-order valence-corrected chi connectivity index (χ3v) is 5.11. The molecule has 1 saturated heterocycles. The molecule has 0 bridgehead atoms. The molecule has 2 heterocycles. The predicted molar refractivity (Wildman–Crippen MR) is 110 cm³/mol. The van der Waals surface area contributed by atoms with Gasteiger partial charge in [0.15, 0.2) is 5.69 Å². The summed E-state index contributed by atoms with van der Waals surface area (Å²) < 4.78 is 52.1. The predicted octanol–water partition coefficient (Wildman–Crippen LogP) is 4.10. The van der Waals surface area contributed by atoms with Crippen LogP contribution in [-0.2, 0) is 15.7 Å². The number of rotatable bonds is 7. The SMILES string of the molecule is CCCOC1CCCN(C(=O)c2ccc(-n3ncc(C(=O)OCC)c3C(F)(F)F)cc2)C1. The van der Waals surface area contributed by atoms with Gasteiger partial charge < -0.3 is 14.4 Å². The molecule has 0 aliphatic carbocycles. The van der Waals surface area contributed by atoms with Gasteiger partial charge in [0.2, 0.25) is 0 Å². The number of carbonyl (C=O) groups excluding carboxylic acids is 2. The third-order valence-electron chi connectivity index (χ3n) is 5.11. The number of amides is 1. The Hall–Kier alpha value is -2.88. The van der Waals surface area contributed by atoms with Gasteiger partial charge in [-0.05, 0) is 50.5 Å². The average Bonchev–Trinajstić information content (AvgIpc) is 3.24. The first-order valence-corrected chi connectivity index (χ1v) is 10.6. The van der Waals surface area contributed by atoms with E-state index in [9.17, 15) is 22.8 Å². The van der Waals surface area contributed by atoms with Crippen LogP contribution in [0.2, 0.25) is 0 Å². The first kappa shape index (κ1) is 23.8. The van der Waals surface area contributed by atoms with Crippen LogP contribution in [0.25, 0.3) is 5.69 Å². The molecule has 3 rings (SSSR count). The first-order valence-electron chi connectivity index (χ1n) is 10.6. The van der Waals surface area contributed by atoms with Gasteiger partial charge in [0, 0.05) is 25.3 Å². The molecular weight excluding hydrogens is 427 g/mol. The van der Waals surface area contributed by atoms with E-state index in [2.05, 4.69) is 5.10 Å². The molecule has 32 heavy (non-hydrogen) atoms. The Balaban J connectivity index is 1.81. The topological polar surface area (TPSA) is 73.7 Å². The number of carbonyl (C=O) groups is 2. The summed E-state index contributed by atoms with van der Waals surface area (Å²) in [5.74, 6) is -1.30. The normalized spacial score (nSPS) is 16.8. The monoisotopic (exact) mass is 453 g/mol. The van der Waals surface area contributed by atoms with Crippen LogP contribution in [-0.4, -0.2) is 59.0 Å². The van der Waals surface area contributed by atoms with Crippen molar-refractivity contribution >= 4 is 11.9 Å². The van der Waals surface area contributed by atoms with Gasteiger partial charge in [0.25, 0.3) is 5.91 Å². The number of hydrogen-bond donors (Lipinski definition) is 0. The summed E-state index contributed by atoms with van der Waals surface area (Å²) in [7, 11) is 0. The second-order valence-electron chi connectivity index (χ2n) is 7.47. The summed E-state index contributed by atoms with van der Waals surface area (Å²) in [5, 5.41) is 3.74. The van der Waals surface area contributed by atoms with E-state index in [1.165, 1.54) is 31.2 Å². The highest BCUT2D eigenvalue weighted by atomic mass is 19.4. The molecule has 7 nitrogen and oxygen atoms in total. The van der Waals surface area contributed by atoms with Gasteiger partial charge >= 0.3 is 12.1 Å². The molecular formula is C22H26F3N3O4. The highest BCUT2D eigenvalue weighted by Crippen LogP contribution is 2.34. The van der Waals surface area contributed by atoms with Crippen molar-refractivity contribution in [2.75, 3.05) is 26.3 Å². The maximum Gasteiger partial charge on any atom is 0.434 e. The zero-order valence-electron chi connectivity index (χ0n) is 18.0. The lowest BCUT2D eigenvalue weighted by molar-refractivity contribution is -0.143. The van der Waals surface area contributed by atoms with Crippen LogP contribution in [0.15, 0.2) is 30.5 Å². The number of piperidine rings is 1. The number of esters is 1. The van der Waals surface area contributed by atoms with Gasteiger partial charge in [-0.2, -0.15) is 18.3 Å². The molecule has 0 radical (unpaired) electrons. The van der Waals surface area contributed by atoms with Crippen LogP contribution in [0.5, 0.6) is 0 Å². The smallest absolute Gasteiger partial charge is 0.434 e. The van der Waals surface area contributed by atoms with Gasteiger partial charge in [0.05, 0.1) is 24.6 Å². The molecule has 2 aromatic rings. The van der Waals surface area contributed by atoms with Crippen molar-refractivity contribution in [1.82, 2.24) is 14.7 Å². The van der Waals surface area contributed by atoms with Crippen molar-refractivity contribution in [2.24, 2.45) is 0 Å². The van der Waals surface area contributed by atoms with E-state index in [1.54, 1.807) is 4.90 Å². The van der Waals surface area contributed by atoms with Gasteiger partial charge in [-0.15, -0.1) is 0 Å². The summed E-state index contributed by atoms with van der Waals surface area (Å²) in [5.41, 5.74) is -1.45. The van der Waals surface area contributed by atoms with Crippen LogP contribution in [0.1, 0.15) is 59.5 Å². The molecule has 1 aromatic heterocycles. The van der Waals surface area contributed by atoms with E-state index in [0.29, 0.717) is 29.9 Å². The van der Waals surface area contributed by atoms with E-state index in [0.717, 1.165) is 25.5 Å². The van der Waals surface area contributed by atoms with Crippen molar-refractivity contribution in [1.29, 1.82) is 0 Å². The van der Waals surface area contributed by atoms with Crippen LogP contribution in [0.4, 0.5) is 13.2 Å². The number of benzene rings is 1. The van der Waals surface area contributed by atoms with Crippen molar-refractivity contribution in [3.8, 4) is 5.69 Å². The molecule has 1 fully saturated rings. The number of aromatic nitrogens is 2. The van der Waals surface area contributed by atoms with Gasteiger partial charge in [-0.25, -0.2) is 9.48 Å². The van der Waals surface area contributed by atoms with Crippen LogP contribution < -0.4 is 0 Å². The van der Waals surface area contributed by atoms with Gasteiger partial charge in [0.1, 0.15) is 5.56 Å². The molecule has 1 aliphatic rings. The molecule has 0 spiro atoms. The second kappa shape index (κ2) is 10.2. The Bertz CT molecular complexity index is 941. The highest BCUT2D eigenvalue weighted by Gasteiger charge is 2.41. The van der Waals surface area contributed by atoms with Gasteiger partial charge in [-0.3, -0.25) is 4.79 Å².